The van der Waals surface area contributed by atoms with Gasteiger partial charge in [0.1, 0.15) is 0 Å². The molecule has 3 heterocycles. The van der Waals surface area contributed by atoms with Gasteiger partial charge >= 0.3 is 0 Å². The first kappa shape index (κ1) is 24.2. The average molecular weight is 564 g/mol. The van der Waals surface area contributed by atoms with Crippen molar-refractivity contribution in [1.29, 1.82) is 0 Å². The van der Waals surface area contributed by atoms with Gasteiger partial charge in [-0.1, -0.05) is 18.2 Å². The van der Waals surface area contributed by atoms with Crippen molar-refractivity contribution in [2.24, 2.45) is 4.99 Å². The summed E-state index contributed by atoms with van der Waals surface area (Å²) in [6.07, 6.45) is 0.939. The summed E-state index contributed by atoms with van der Waals surface area (Å²) >= 11 is 1.78. The normalized spacial score (nSPS) is 13.3. The van der Waals surface area contributed by atoms with E-state index in [0.717, 1.165) is 35.6 Å². The topological polar surface area (TPSA) is 74.6 Å². The highest BCUT2D eigenvalue weighted by atomic mass is 127. The van der Waals surface area contributed by atoms with Crippen LogP contribution in [0.1, 0.15) is 27.4 Å². The fraction of sp³-hybridized carbons (Fsp3) is 0.348. The predicted octanol–water partition coefficient (Wildman–Crippen LogP) is 3.42. The molecule has 0 fully saturated rings. The summed E-state index contributed by atoms with van der Waals surface area (Å²) < 4.78 is 1.96. The van der Waals surface area contributed by atoms with E-state index in [1.54, 1.807) is 18.4 Å². The van der Waals surface area contributed by atoms with Gasteiger partial charge in [0.25, 0.3) is 0 Å². The molecular formula is C23H29IN6OS. The highest BCUT2D eigenvalue weighted by Crippen LogP contribution is 2.23. The summed E-state index contributed by atoms with van der Waals surface area (Å²) in [5.41, 5.74) is 5.49. The number of hydrogen-bond acceptors (Lipinski definition) is 4. The maximum atomic E-state index is 12.7. The fourth-order valence-corrected chi connectivity index (χ4v) is 4.76. The minimum Gasteiger partial charge on any atom is -0.352 e. The number of carbonyl (C=O) groups is 1. The maximum absolute atomic E-state index is 12.7. The van der Waals surface area contributed by atoms with Gasteiger partial charge < -0.3 is 15.5 Å². The number of aryl methyl sites for hydroxylation is 2. The van der Waals surface area contributed by atoms with Crippen molar-refractivity contribution >= 4 is 47.2 Å². The molecule has 1 amide bonds. The molecule has 4 rings (SSSR count). The number of thiophene rings is 1. The van der Waals surface area contributed by atoms with Crippen LogP contribution in [0.25, 0.3) is 5.69 Å². The largest absolute Gasteiger partial charge is 0.352 e. The lowest BCUT2D eigenvalue weighted by Gasteiger charge is -2.27. The van der Waals surface area contributed by atoms with Crippen molar-refractivity contribution in [1.82, 2.24) is 25.3 Å². The highest BCUT2D eigenvalue weighted by Gasteiger charge is 2.21. The fourth-order valence-electron chi connectivity index (χ4n) is 3.87. The van der Waals surface area contributed by atoms with Crippen LogP contribution in [0.2, 0.25) is 0 Å². The Balaban J connectivity index is 0.00000289. The molecule has 0 saturated carbocycles. The molecule has 0 atom stereocenters. The molecule has 3 aromatic rings. The molecule has 2 aromatic heterocycles. The number of hydrogen-bond donors (Lipinski definition) is 2. The minimum absolute atomic E-state index is 0. The lowest BCUT2D eigenvalue weighted by Crippen LogP contribution is -2.45. The van der Waals surface area contributed by atoms with E-state index >= 15 is 0 Å². The van der Waals surface area contributed by atoms with Crippen LogP contribution in [0.5, 0.6) is 0 Å². The molecule has 0 unspecified atom stereocenters. The monoisotopic (exact) mass is 564 g/mol. The van der Waals surface area contributed by atoms with E-state index in [1.807, 2.05) is 28.6 Å². The van der Waals surface area contributed by atoms with Crippen molar-refractivity contribution in [2.45, 2.75) is 33.4 Å². The number of para-hydroxylation sites is 1. The van der Waals surface area contributed by atoms with Gasteiger partial charge in [0.15, 0.2) is 5.96 Å². The van der Waals surface area contributed by atoms with Crippen LogP contribution in [0.3, 0.4) is 0 Å². The Labute approximate surface area is 209 Å². The van der Waals surface area contributed by atoms with Crippen LogP contribution < -0.4 is 10.6 Å². The Kier molecular flexibility index (Phi) is 8.30. The van der Waals surface area contributed by atoms with Gasteiger partial charge in [-0.2, -0.15) is 5.10 Å². The van der Waals surface area contributed by atoms with Crippen LogP contribution >= 0.6 is 35.3 Å². The second kappa shape index (κ2) is 11.0. The van der Waals surface area contributed by atoms with Crippen LogP contribution in [0.15, 0.2) is 46.8 Å². The van der Waals surface area contributed by atoms with E-state index in [1.165, 1.54) is 10.4 Å². The summed E-state index contributed by atoms with van der Waals surface area (Å²) in [5.74, 6) is 0.688. The van der Waals surface area contributed by atoms with Crippen molar-refractivity contribution in [3.63, 3.8) is 0 Å². The summed E-state index contributed by atoms with van der Waals surface area (Å²) in [7, 11) is 1.71. The molecule has 32 heavy (non-hydrogen) atoms. The first-order chi connectivity index (χ1) is 15.0. The first-order valence-corrected chi connectivity index (χ1v) is 11.3. The Morgan fingerprint density at radius 3 is 2.78 bits per heavy atom. The average Bonchev–Trinajstić information content (AvgIpc) is 3.38. The number of amides is 1. The molecule has 2 N–H and O–H groups in total. The van der Waals surface area contributed by atoms with Gasteiger partial charge in [0.2, 0.25) is 5.91 Å². The Hall–Kier alpha value is -2.40. The number of guanidine groups is 1. The zero-order valence-corrected chi connectivity index (χ0v) is 21.7. The Bertz CT molecular complexity index is 1110. The first-order valence-electron chi connectivity index (χ1n) is 10.4. The second-order valence-electron chi connectivity index (χ2n) is 7.68. The maximum Gasteiger partial charge on any atom is 0.242 e. The second-order valence-corrected chi connectivity index (χ2v) is 8.68. The van der Waals surface area contributed by atoms with E-state index in [0.29, 0.717) is 19.0 Å². The number of nitrogens with one attached hydrogen (secondary N) is 2. The highest BCUT2D eigenvalue weighted by molar-refractivity contribution is 14.0. The third-order valence-corrected chi connectivity index (χ3v) is 6.49. The minimum atomic E-state index is 0. The van der Waals surface area contributed by atoms with E-state index in [9.17, 15) is 4.79 Å². The van der Waals surface area contributed by atoms with Crippen molar-refractivity contribution < 1.29 is 4.79 Å². The SMILES string of the molecule is CN=C(NCC(=O)N1CCc2sccc2C1)NCc1ccccc1-n1nc(C)cc1C.I. The van der Waals surface area contributed by atoms with Gasteiger partial charge in [0.05, 0.1) is 17.9 Å². The van der Waals surface area contributed by atoms with Crippen LogP contribution in [-0.2, 0) is 24.3 Å². The number of aromatic nitrogens is 2. The molecule has 1 aliphatic heterocycles. The third-order valence-electron chi connectivity index (χ3n) is 5.47. The lowest BCUT2D eigenvalue weighted by atomic mass is 10.1. The third kappa shape index (κ3) is 5.50. The molecule has 1 aromatic carbocycles. The number of aliphatic imine (C=N–C) groups is 1. The summed E-state index contributed by atoms with van der Waals surface area (Å²) in [4.78, 5) is 20.3. The number of halogens is 1. The lowest BCUT2D eigenvalue weighted by molar-refractivity contribution is -0.130. The number of nitrogens with zero attached hydrogens (tertiary/aromatic N) is 4. The van der Waals surface area contributed by atoms with Crippen molar-refractivity contribution in [2.75, 3.05) is 20.1 Å². The van der Waals surface area contributed by atoms with Gasteiger partial charge in [-0.3, -0.25) is 9.79 Å². The number of fused-ring (bicyclic) bond motifs is 1. The van der Waals surface area contributed by atoms with Crippen molar-refractivity contribution in [3.05, 3.63) is 69.2 Å². The van der Waals surface area contributed by atoms with Crippen LogP contribution in [0, 0.1) is 13.8 Å². The van der Waals surface area contributed by atoms with Gasteiger partial charge in [0, 0.05) is 37.3 Å². The number of carbonyl (C=O) groups excluding carboxylic acids is 1. The van der Waals surface area contributed by atoms with Crippen LogP contribution in [-0.4, -0.2) is 46.7 Å². The van der Waals surface area contributed by atoms with Gasteiger partial charge in [-0.05, 0) is 55.0 Å². The number of rotatable bonds is 5. The molecule has 0 bridgehead atoms. The van der Waals surface area contributed by atoms with E-state index < -0.39 is 0 Å². The molecule has 0 saturated heterocycles. The smallest absolute Gasteiger partial charge is 0.242 e. The van der Waals surface area contributed by atoms with E-state index in [4.69, 9.17) is 0 Å². The molecule has 1 aliphatic rings. The van der Waals surface area contributed by atoms with Crippen LogP contribution in [0.4, 0.5) is 0 Å². The Morgan fingerprint density at radius 1 is 1.22 bits per heavy atom. The standard InChI is InChI=1S/C23H28N6OS.HI/c1-16-12-17(2)29(27-16)20-7-5-4-6-18(20)13-25-23(24-3)26-14-22(30)28-10-8-21-19(15-28)9-11-31-21;/h4-7,9,11-12H,8,10,13-15H2,1-3H3,(H2,24,25,26);1H. The van der Waals surface area contributed by atoms with Gasteiger partial charge in [-0.25, -0.2) is 4.68 Å². The molecule has 0 aliphatic carbocycles. The van der Waals surface area contributed by atoms with Crippen molar-refractivity contribution in [3.8, 4) is 5.69 Å². The zero-order valence-electron chi connectivity index (χ0n) is 18.6. The molecule has 170 valence electrons. The summed E-state index contributed by atoms with van der Waals surface area (Å²) in [5, 5.41) is 13.2. The molecular weight excluding hydrogens is 535 g/mol. The summed E-state index contributed by atoms with van der Waals surface area (Å²) in [6.45, 7) is 6.31. The van der Waals surface area contributed by atoms with Gasteiger partial charge in [-0.15, -0.1) is 35.3 Å². The summed E-state index contributed by atoms with van der Waals surface area (Å²) in [6, 6.07) is 12.3. The molecule has 0 radical (unpaired) electrons. The van der Waals surface area contributed by atoms with E-state index in [-0.39, 0.29) is 36.4 Å². The molecule has 0 spiro atoms. The Morgan fingerprint density at radius 2 is 2.03 bits per heavy atom. The quantitative estimate of drug-likeness (QED) is 0.283. The number of benzene rings is 1. The zero-order chi connectivity index (χ0) is 21.8. The molecule has 9 heteroatoms. The molecule has 7 nitrogen and oxygen atoms in total. The predicted molar refractivity (Wildman–Crippen MR) is 140 cm³/mol. The van der Waals surface area contributed by atoms with E-state index in [2.05, 4.69) is 57.3 Å².